The predicted molar refractivity (Wildman–Crippen MR) is 102 cm³/mol. The van der Waals surface area contributed by atoms with Crippen LogP contribution in [0.5, 0.6) is 0 Å². The van der Waals surface area contributed by atoms with Crippen molar-refractivity contribution in [1.29, 1.82) is 0 Å². The van der Waals surface area contributed by atoms with Crippen molar-refractivity contribution in [2.24, 2.45) is 0 Å². The van der Waals surface area contributed by atoms with Gasteiger partial charge in [-0.1, -0.05) is 12.1 Å². The molecule has 0 aliphatic carbocycles. The number of nitrogens with one attached hydrogen (secondary N) is 3. The number of benzene rings is 1. The van der Waals surface area contributed by atoms with Crippen LogP contribution in [0, 0.1) is 0 Å². The Morgan fingerprint density at radius 2 is 1.88 bits per heavy atom. The maximum absolute atomic E-state index is 4.08. The van der Waals surface area contributed by atoms with E-state index in [0.717, 1.165) is 34.6 Å². The molecule has 126 valence electrons. The van der Waals surface area contributed by atoms with Crippen molar-refractivity contribution >= 4 is 22.2 Å². The molecule has 0 unspecified atom stereocenters. The molecule has 25 heavy (non-hydrogen) atoms. The Hall–Kier alpha value is -3.05. The number of hydrazine groups is 1. The average Bonchev–Trinajstić information content (AvgIpc) is 3.05. The Labute approximate surface area is 147 Å². The van der Waals surface area contributed by atoms with Crippen LogP contribution in [0.1, 0.15) is 16.8 Å². The van der Waals surface area contributed by atoms with Crippen molar-refractivity contribution in [3.63, 3.8) is 0 Å². The van der Waals surface area contributed by atoms with Crippen molar-refractivity contribution in [2.45, 2.75) is 6.54 Å². The molecule has 0 atom stereocenters. The van der Waals surface area contributed by atoms with Gasteiger partial charge in [-0.25, -0.2) is 0 Å². The van der Waals surface area contributed by atoms with Gasteiger partial charge in [0.05, 0.1) is 5.70 Å². The molecule has 3 N–H and O–H groups in total. The largest absolute Gasteiger partial charge is 0.354 e. The standard InChI is InChI=1S/C20H21N5/c1-25(2)13-14-3-4-16-10-19(23-18(16)9-14)17-11-20(24-22-12-17)15-5-7-21-8-6-15/h3-12,22-24H,13H2,1-2H3. The third-order valence-corrected chi connectivity index (χ3v) is 4.22. The lowest BCUT2D eigenvalue weighted by Gasteiger charge is -2.17. The lowest BCUT2D eigenvalue weighted by Crippen LogP contribution is -2.28. The molecule has 5 heteroatoms. The van der Waals surface area contributed by atoms with E-state index in [0.29, 0.717) is 0 Å². The van der Waals surface area contributed by atoms with E-state index in [2.05, 4.69) is 70.2 Å². The predicted octanol–water partition coefficient (Wildman–Crippen LogP) is 3.11. The Morgan fingerprint density at radius 3 is 2.68 bits per heavy atom. The van der Waals surface area contributed by atoms with Gasteiger partial charge >= 0.3 is 0 Å². The van der Waals surface area contributed by atoms with E-state index < -0.39 is 0 Å². The summed E-state index contributed by atoms with van der Waals surface area (Å²) >= 11 is 0. The van der Waals surface area contributed by atoms with Crippen LogP contribution in [0.25, 0.3) is 22.2 Å². The number of nitrogens with zero attached hydrogens (tertiary/aromatic N) is 2. The van der Waals surface area contributed by atoms with Crippen LogP contribution in [0.4, 0.5) is 0 Å². The molecular weight excluding hydrogens is 310 g/mol. The maximum Gasteiger partial charge on any atom is 0.0620 e. The molecule has 0 amide bonds. The normalized spacial score (nSPS) is 14.0. The molecule has 0 spiro atoms. The zero-order chi connectivity index (χ0) is 17.2. The topological polar surface area (TPSA) is 56.0 Å². The first-order valence-electron chi connectivity index (χ1n) is 8.29. The van der Waals surface area contributed by atoms with Gasteiger partial charge in [-0.3, -0.25) is 4.98 Å². The van der Waals surface area contributed by atoms with Crippen LogP contribution >= 0.6 is 0 Å². The first kappa shape index (κ1) is 15.5. The quantitative estimate of drug-likeness (QED) is 0.687. The summed E-state index contributed by atoms with van der Waals surface area (Å²) in [4.78, 5) is 9.79. The molecule has 3 heterocycles. The molecule has 0 radical (unpaired) electrons. The number of pyridine rings is 1. The van der Waals surface area contributed by atoms with Gasteiger partial charge < -0.3 is 20.7 Å². The number of aromatic amines is 1. The van der Waals surface area contributed by atoms with Crippen molar-refractivity contribution in [3.05, 3.63) is 77.9 Å². The molecule has 4 rings (SSSR count). The molecule has 0 fully saturated rings. The Bertz CT molecular complexity index is 951. The third-order valence-electron chi connectivity index (χ3n) is 4.22. The Morgan fingerprint density at radius 1 is 1.04 bits per heavy atom. The molecule has 5 nitrogen and oxygen atoms in total. The highest BCUT2D eigenvalue weighted by Gasteiger charge is 2.11. The number of fused-ring (bicyclic) bond motifs is 1. The van der Waals surface area contributed by atoms with E-state index in [1.54, 1.807) is 12.4 Å². The van der Waals surface area contributed by atoms with Gasteiger partial charge in [-0.15, -0.1) is 0 Å². The number of allylic oxidation sites excluding steroid dienone is 2. The Balaban J connectivity index is 1.67. The third kappa shape index (κ3) is 3.27. The minimum atomic E-state index is 0.935. The molecular formula is C20H21N5. The van der Waals surface area contributed by atoms with Gasteiger partial charge in [0, 0.05) is 52.9 Å². The SMILES string of the molecule is CN(C)Cc1ccc2cc(C3=CNNC(c4ccncc4)=C3)[nH]c2c1. The molecule has 1 aliphatic heterocycles. The van der Waals surface area contributed by atoms with Gasteiger partial charge in [0.2, 0.25) is 0 Å². The molecule has 1 aromatic carbocycles. The summed E-state index contributed by atoms with van der Waals surface area (Å²) in [5, 5.41) is 1.22. The van der Waals surface area contributed by atoms with E-state index >= 15 is 0 Å². The fourth-order valence-electron chi connectivity index (χ4n) is 3.06. The highest BCUT2D eigenvalue weighted by molar-refractivity contribution is 5.90. The van der Waals surface area contributed by atoms with Crippen LogP contribution in [0.15, 0.2) is 61.1 Å². The molecule has 0 saturated carbocycles. The first-order chi connectivity index (χ1) is 12.2. The second-order valence-corrected chi connectivity index (χ2v) is 6.51. The number of rotatable bonds is 4. The summed E-state index contributed by atoms with van der Waals surface area (Å²) in [7, 11) is 4.17. The van der Waals surface area contributed by atoms with Gasteiger partial charge in [0.25, 0.3) is 0 Å². The fourth-order valence-corrected chi connectivity index (χ4v) is 3.06. The average molecular weight is 331 g/mol. The van der Waals surface area contributed by atoms with Gasteiger partial charge in [-0.2, -0.15) is 0 Å². The second-order valence-electron chi connectivity index (χ2n) is 6.51. The number of hydrogen-bond acceptors (Lipinski definition) is 4. The molecule has 0 bridgehead atoms. The zero-order valence-electron chi connectivity index (χ0n) is 14.4. The minimum Gasteiger partial charge on any atom is -0.354 e. The molecule has 1 aliphatic rings. The van der Waals surface area contributed by atoms with Crippen LogP contribution in [-0.2, 0) is 6.54 Å². The molecule has 0 saturated heterocycles. The fraction of sp³-hybridized carbons (Fsp3) is 0.150. The van der Waals surface area contributed by atoms with Crippen molar-refractivity contribution in [3.8, 4) is 0 Å². The van der Waals surface area contributed by atoms with Crippen LogP contribution in [-0.4, -0.2) is 29.0 Å². The lowest BCUT2D eigenvalue weighted by atomic mass is 10.1. The molecule has 3 aromatic rings. The van der Waals surface area contributed by atoms with Crippen LogP contribution < -0.4 is 10.9 Å². The minimum absolute atomic E-state index is 0.935. The van der Waals surface area contributed by atoms with E-state index in [4.69, 9.17) is 0 Å². The number of H-pyrrole nitrogens is 1. The van der Waals surface area contributed by atoms with E-state index in [9.17, 15) is 0 Å². The van der Waals surface area contributed by atoms with Gasteiger partial charge in [0.15, 0.2) is 0 Å². The molecule has 2 aromatic heterocycles. The summed E-state index contributed by atoms with van der Waals surface area (Å²) in [6.07, 6.45) is 7.70. The van der Waals surface area contributed by atoms with Crippen molar-refractivity contribution in [1.82, 2.24) is 25.7 Å². The highest BCUT2D eigenvalue weighted by Crippen LogP contribution is 2.26. The monoisotopic (exact) mass is 331 g/mol. The summed E-state index contributed by atoms with van der Waals surface area (Å²) in [6.45, 7) is 0.935. The summed E-state index contributed by atoms with van der Waals surface area (Å²) in [6, 6.07) is 12.8. The van der Waals surface area contributed by atoms with E-state index in [1.165, 1.54) is 10.9 Å². The van der Waals surface area contributed by atoms with Crippen LogP contribution in [0.2, 0.25) is 0 Å². The number of hydrogen-bond donors (Lipinski definition) is 3. The second kappa shape index (κ2) is 6.45. The lowest BCUT2D eigenvalue weighted by molar-refractivity contribution is 0.403. The smallest absolute Gasteiger partial charge is 0.0620 e. The summed E-state index contributed by atoms with van der Waals surface area (Å²) in [5.74, 6) is 0. The van der Waals surface area contributed by atoms with E-state index in [-0.39, 0.29) is 0 Å². The zero-order valence-corrected chi connectivity index (χ0v) is 14.4. The van der Waals surface area contributed by atoms with Crippen molar-refractivity contribution in [2.75, 3.05) is 14.1 Å². The summed E-state index contributed by atoms with van der Waals surface area (Å²) < 4.78 is 0. The van der Waals surface area contributed by atoms with Crippen LogP contribution in [0.3, 0.4) is 0 Å². The number of aromatic nitrogens is 2. The van der Waals surface area contributed by atoms with Crippen molar-refractivity contribution < 1.29 is 0 Å². The highest BCUT2D eigenvalue weighted by atomic mass is 15.4. The van der Waals surface area contributed by atoms with Gasteiger partial charge in [0.1, 0.15) is 0 Å². The maximum atomic E-state index is 4.08. The first-order valence-corrected chi connectivity index (χ1v) is 8.29. The Kier molecular flexibility index (Phi) is 3.99. The van der Waals surface area contributed by atoms with E-state index in [1.807, 2.05) is 18.3 Å². The van der Waals surface area contributed by atoms with Gasteiger partial charge in [-0.05, 0) is 50.0 Å². The summed E-state index contributed by atoms with van der Waals surface area (Å²) in [5.41, 5.74) is 13.1.